The monoisotopic (exact) mass is 313 g/mol. The van der Waals surface area contributed by atoms with Crippen LogP contribution in [0.25, 0.3) is 0 Å². The Kier molecular flexibility index (Phi) is 4.05. The molecule has 0 radical (unpaired) electrons. The minimum atomic E-state index is -0.298. The van der Waals surface area contributed by atoms with Crippen molar-refractivity contribution in [1.82, 2.24) is 20.2 Å². The number of hydrazine groups is 1. The molecule has 96 valence electrons. The minimum Gasteiger partial charge on any atom is -0.271 e. The fourth-order valence-corrected chi connectivity index (χ4v) is 2.09. The quantitative estimate of drug-likeness (QED) is 0.662. The van der Waals surface area contributed by atoms with E-state index in [4.69, 9.17) is 5.84 Å². The number of nitrogens with zero attached hydrogens (tertiary/aromatic N) is 3. The molecule has 2 aromatic rings. The van der Waals surface area contributed by atoms with Crippen molar-refractivity contribution in [2.75, 3.05) is 0 Å². The number of nitrogens with one attached hydrogen (secondary N) is 1. The molecule has 1 aromatic carbocycles. The summed E-state index contributed by atoms with van der Waals surface area (Å²) in [5, 5.41) is 4.00. The highest BCUT2D eigenvalue weighted by Gasteiger charge is 2.15. The summed E-state index contributed by atoms with van der Waals surface area (Å²) in [6.07, 6.45) is 2.06. The Morgan fingerprint density at radius 3 is 2.89 bits per heavy atom. The lowest BCUT2D eigenvalue weighted by Gasteiger charge is -2.16. The molecule has 2 rings (SSSR count). The summed E-state index contributed by atoms with van der Waals surface area (Å²) >= 11 is 3.16. The number of halogens is 2. The van der Waals surface area contributed by atoms with E-state index < -0.39 is 0 Å². The van der Waals surface area contributed by atoms with Crippen LogP contribution in [0.1, 0.15) is 17.4 Å². The predicted octanol–water partition coefficient (Wildman–Crippen LogP) is 1.46. The van der Waals surface area contributed by atoms with Gasteiger partial charge in [-0.25, -0.2) is 9.37 Å². The fraction of sp³-hybridized carbons (Fsp3) is 0.273. The number of aryl methyl sites for hydroxylation is 1. The Labute approximate surface area is 112 Å². The van der Waals surface area contributed by atoms with Crippen molar-refractivity contribution in [2.45, 2.75) is 12.5 Å². The maximum Gasteiger partial charge on any atom is 0.138 e. The van der Waals surface area contributed by atoms with Crippen molar-refractivity contribution in [2.24, 2.45) is 12.9 Å². The number of hydrogen-bond donors (Lipinski definition) is 2. The second-order valence-corrected chi connectivity index (χ2v) is 4.75. The smallest absolute Gasteiger partial charge is 0.138 e. The molecule has 0 saturated carbocycles. The van der Waals surface area contributed by atoms with Gasteiger partial charge in [0.25, 0.3) is 0 Å². The molecule has 1 heterocycles. The van der Waals surface area contributed by atoms with Crippen LogP contribution in [0.15, 0.2) is 29.0 Å². The van der Waals surface area contributed by atoms with Crippen LogP contribution in [0.2, 0.25) is 0 Å². The molecule has 18 heavy (non-hydrogen) atoms. The van der Waals surface area contributed by atoms with Gasteiger partial charge in [0.1, 0.15) is 18.0 Å². The van der Waals surface area contributed by atoms with Gasteiger partial charge in [-0.05, 0) is 33.6 Å². The van der Waals surface area contributed by atoms with E-state index in [1.54, 1.807) is 16.8 Å². The Hall–Kier alpha value is -1.31. The van der Waals surface area contributed by atoms with Gasteiger partial charge in [0.2, 0.25) is 0 Å². The van der Waals surface area contributed by atoms with Crippen LogP contribution in [-0.4, -0.2) is 14.8 Å². The van der Waals surface area contributed by atoms with Crippen molar-refractivity contribution in [1.29, 1.82) is 0 Å². The van der Waals surface area contributed by atoms with Crippen LogP contribution in [0.4, 0.5) is 4.39 Å². The van der Waals surface area contributed by atoms with Crippen LogP contribution < -0.4 is 11.3 Å². The summed E-state index contributed by atoms with van der Waals surface area (Å²) in [5.74, 6) is 6.05. The molecule has 7 heteroatoms. The molecule has 0 aliphatic heterocycles. The molecule has 0 aliphatic carbocycles. The van der Waals surface area contributed by atoms with Crippen molar-refractivity contribution in [3.05, 3.63) is 46.2 Å². The second-order valence-electron chi connectivity index (χ2n) is 3.90. The summed E-state index contributed by atoms with van der Waals surface area (Å²) in [7, 11) is 1.82. The molecule has 1 atom stereocenters. The van der Waals surface area contributed by atoms with Gasteiger partial charge in [0.15, 0.2) is 0 Å². The first-order valence-electron chi connectivity index (χ1n) is 5.35. The number of benzene rings is 1. The van der Waals surface area contributed by atoms with Gasteiger partial charge in [-0.1, -0.05) is 6.07 Å². The van der Waals surface area contributed by atoms with Crippen LogP contribution >= 0.6 is 15.9 Å². The number of hydrogen-bond acceptors (Lipinski definition) is 4. The van der Waals surface area contributed by atoms with E-state index >= 15 is 0 Å². The molecular formula is C11H13BrFN5. The topological polar surface area (TPSA) is 68.8 Å². The molecule has 1 aromatic heterocycles. The van der Waals surface area contributed by atoms with Gasteiger partial charge in [-0.15, -0.1) is 0 Å². The Morgan fingerprint density at radius 2 is 2.33 bits per heavy atom. The summed E-state index contributed by atoms with van der Waals surface area (Å²) in [6, 6.07) is 4.65. The lowest BCUT2D eigenvalue weighted by molar-refractivity contribution is 0.521. The van der Waals surface area contributed by atoms with E-state index in [0.29, 0.717) is 10.9 Å². The summed E-state index contributed by atoms with van der Waals surface area (Å²) < 4.78 is 15.3. The van der Waals surface area contributed by atoms with Crippen molar-refractivity contribution < 1.29 is 4.39 Å². The first kappa shape index (κ1) is 13.1. The highest BCUT2D eigenvalue weighted by atomic mass is 79.9. The highest BCUT2D eigenvalue weighted by molar-refractivity contribution is 9.10. The van der Waals surface area contributed by atoms with Crippen molar-refractivity contribution in [3.8, 4) is 0 Å². The lowest BCUT2D eigenvalue weighted by Crippen LogP contribution is -2.30. The van der Waals surface area contributed by atoms with Gasteiger partial charge in [-0.2, -0.15) is 5.10 Å². The normalized spacial score (nSPS) is 12.7. The fourth-order valence-electron chi connectivity index (χ4n) is 1.69. The maximum absolute atomic E-state index is 13.2. The number of rotatable bonds is 4. The molecule has 1 unspecified atom stereocenters. The van der Waals surface area contributed by atoms with E-state index in [1.165, 1.54) is 12.4 Å². The zero-order valence-electron chi connectivity index (χ0n) is 9.77. The third-order valence-corrected chi connectivity index (χ3v) is 3.35. The largest absolute Gasteiger partial charge is 0.271 e. The molecule has 5 nitrogen and oxygen atoms in total. The predicted molar refractivity (Wildman–Crippen MR) is 68.9 cm³/mol. The van der Waals surface area contributed by atoms with Gasteiger partial charge in [0, 0.05) is 13.5 Å². The van der Waals surface area contributed by atoms with Gasteiger partial charge in [-0.3, -0.25) is 16.0 Å². The molecule has 0 saturated heterocycles. The summed E-state index contributed by atoms with van der Waals surface area (Å²) in [5.41, 5.74) is 3.59. The third-order valence-electron chi connectivity index (χ3n) is 2.74. The van der Waals surface area contributed by atoms with E-state index in [0.717, 1.165) is 11.4 Å². The van der Waals surface area contributed by atoms with Gasteiger partial charge in [0.05, 0.1) is 10.5 Å². The molecule has 3 N–H and O–H groups in total. The molecule has 0 amide bonds. The zero-order chi connectivity index (χ0) is 13.1. The van der Waals surface area contributed by atoms with E-state index in [-0.39, 0.29) is 11.9 Å². The van der Waals surface area contributed by atoms with E-state index in [2.05, 4.69) is 31.4 Å². The standard InChI is InChI=1S/C11H13BrFN5/c1-18-11(15-6-16-18)5-10(17-14)7-2-3-9(13)8(12)4-7/h2-4,6,10,17H,5,14H2,1H3. The second kappa shape index (κ2) is 5.55. The lowest BCUT2D eigenvalue weighted by atomic mass is 10.0. The molecule has 0 aliphatic rings. The maximum atomic E-state index is 13.2. The summed E-state index contributed by atoms with van der Waals surface area (Å²) in [6.45, 7) is 0. The minimum absolute atomic E-state index is 0.148. The first-order chi connectivity index (χ1) is 8.61. The Bertz CT molecular complexity index is 542. The van der Waals surface area contributed by atoms with Gasteiger partial charge >= 0.3 is 0 Å². The number of aromatic nitrogens is 3. The van der Waals surface area contributed by atoms with Crippen LogP contribution in [0.3, 0.4) is 0 Å². The van der Waals surface area contributed by atoms with Crippen molar-refractivity contribution in [3.63, 3.8) is 0 Å². The molecule has 0 bridgehead atoms. The van der Waals surface area contributed by atoms with E-state index in [1.807, 2.05) is 7.05 Å². The number of nitrogens with two attached hydrogens (primary N) is 1. The van der Waals surface area contributed by atoms with Crippen LogP contribution in [0.5, 0.6) is 0 Å². The average Bonchev–Trinajstić information content (AvgIpc) is 2.75. The molecule has 0 spiro atoms. The Morgan fingerprint density at radius 1 is 1.56 bits per heavy atom. The first-order valence-corrected chi connectivity index (χ1v) is 6.15. The van der Waals surface area contributed by atoms with E-state index in [9.17, 15) is 4.39 Å². The SMILES string of the molecule is Cn1ncnc1CC(NN)c1ccc(F)c(Br)c1. The summed E-state index contributed by atoms with van der Waals surface area (Å²) in [4.78, 5) is 4.14. The molecular weight excluding hydrogens is 301 g/mol. The Balaban J connectivity index is 2.23. The average molecular weight is 314 g/mol. The van der Waals surface area contributed by atoms with Crippen LogP contribution in [0, 0.1) is 5.82 Å². The van der Waals surface area contributed by atoms with Crippen molar-refractivity contribution >= 4 is 15.9 Å². The zero-order valence-corrected chi connectivity index (χ0v) is 11.4. The van der Waals surface area contributed by atoms with Gasteiger partial charge < -0.3 is 0 Å². The molecule has 0 fully saturated rings. The van der Waals surface area contributed by atoms with Crippen LogP contribution in [-0.2, 0) is 13.5 Å². The highest BCUT2D eigenvalue weighted by Crippen LogP contribution is 2.22. The third kappa shape index (κ3) is 2.74.